The van der Waals surface area contributed by atoms with E-state index < -0.39 is 0 Å². The van der Waals surface area contributed by atoms with E-state index in [4.69, 9.17) is 5.11 Å². The van der Waals surface area contributed by atoms with E-state index in [0.717, 1.165) is 12.0 Å². The van der Waals surface area contributed by atoms with Crippen molar-refractivity contribution in [2.45, 2.75) is 46.5 Å². The number of unbranched alkanes of at least 4 members (excludes halogenated alkanes) is 2. The fourth-order valence-electron chi connectivity index (χ4n) is 0.821. The molecule has 0 saturated heterocycles. The van der Waals surface area contributed by atoms with Crippen LogP contribution < -0.4 is 0 Å². The fraction of sp³-hybridized carbons (Fsp3) is 0.778. The Hall–Kier alpha value is -0.460. The molecule has 0 rings (SSSR count). The lowest BCUT2D eigenvalue weighted by atomic mass is 10.1. The lowest BCUT2D eigenvalue weighted by Crippen LogP contribution is -1.83. The first-order valence-corrected chi connectivity index (χ1v) is 4.03. The molecule has 0 fully saturated rings. The van der Waals surface area contributed by atoms with E-state index in [1.54, 1.807) is 6.92 Å². The molecule has 0 unspecified atom stereocenters. The smallest absolute Gasteiger partial charge is 0.0880 e. The Kier molecular flexibility index (Phi) is 5.09. The van der Waals surface area contributed by atoms with Gasteiger partial charge in [0.1, 0.15) is 0 Å². The van der Waals surface area contributed by atoms with Crippen LogP contribution in [0.1, 0.15) is 46.5 Å². The van der Waals surface area contributed by atoms with Crippen LogP contribution in [0.15, 0.2) is 11.3 Å². The Balaban J connectivity index is 3.40. The second kappa shape index (κ2) is 5.33. The fourth-order valence-corrected chi connectivity index (χ4v) is 0.821. The van der Waals surface area contributed by atoms with Crippen molar-refractivity contribution in [1.82, 2.24) is 0 Å². The topological polar surface area (TPSA) is 20.2 Å². The highest BCUT2D eigenvalue weighted by Crippen LogP contribution is 2.10. The van der Waals surface area contributed by atoms with Gasteiger partial charge in [-0.3, -0.25) is 0 Å². The normalized spacial score (nSPS) is 13.1. The standard InChI is InChI=1S/C9H18O/c1-4-5-6-7-8(2)9(3)10/h10H,4-7H2,1-3H3. The van der Waals surface area contributed by atoms with Crippen molar-refractivity contribution >= 4 is 0 Å². The van der Waals surface area contributed by atoms with Gasteiger partial charge in [0, 0.05) is 0 Å². The first kappa shape index (κ1) is 9.54. The molecule has 0 atom stereocenters. The lowest BCUT2D eigenvalue weighted by molar-refractivity contribution is 0.403. The molecule has 0 aliphatic heterocycles. The van der Waals surface area contributed by atoms with Crippen molar-refractivity contribution in [2.75, 3.05) is 0 Å². The quantitative estimate of drug-likeness (QED) is 0.471. The highest BCUT2D eigenvalue weighted by Gasteiger charge is 1.93. The van der Waals surface area contributed by atoms with Gasteiger partial charge < -0.3 is 5.11 Å². The van der Waals surface area contributed by atoms with Gasteiger partial charge in [0.25, 0.3) is 0 Å². The van der Waals surface area contributed by atoms with Gasteiger partial charge in [-0.2, -0.15) is 0 Å². The number of aliphatic hydroxyl groups is 1. The van der Waals surface area contributed by atoms with Crippen LogP contribution in [-0.2, 0) is 0 Å². The van der Waals surface area contributed by atoms with Gasteiger partial charge in [-0.25, -0.2) is 0 Å². The maximum atomic E-state index is 9.00. The zero-order valence-corrected chi connectivity index (χ0v) is 7.28. The molecule has 0 amide bonds. The van der Waals surface area contributed by atoms with E-state index in [9.17, 15) is 0 Å². The SMILES string of the molecule is CCCCCC(C)=C(C)O. The second-order valence-corrected chi connectivity index (χ2v) is 2.82. The predicted molar refractivity (Wildman–Crippen MR) is 45.1 cm³/mol. The Morgan fingerprint density at radius 1 is 1.20 bits per heavy atom. The average molecular weight is 142 g/mol. The number of aliphatic hydroxyl groups excluding tert-OH is 1. The summed E-state index contributed by atoms with van der Waals surface area (Å²) in [6.07, 6.45) is 4.78. The van der Waals surface area contributed by atoms with E-state index in [-0.39, 0.29) is 0 Å². The van der Waals surface area contributed by atoms with Gasteiger partial charge in [0.2, 0.25) is 0 Å². The first-order chi connectivity index (χ1) is 4.68. The summed E-state index contributed by atoms with van der Waals surface area (Å²) < 4.78 is 0. The summed E-state index contributed by atoms with van der Waals surface area (Å²) in [6.45, 7) is 5.93. The second-order valence-electron chi connectivity index (χ2n) is 2.82. The molecular formula is C9H18O. The minimum absolute atomic E-state index is 0.496. The first-order valence-electron chi connectivity index (χ1n) is 4.03. The van der Waals surface area contributed by atoms with Crippen molar-refractivity contribution in [3.8, 4) is 0 Å². The van der Waals surface area contributed by atoms with E-state index in [0.29, 0.717) is 5.76 Å². The Bertz CT molecular complexity index is 110. The van der Waals surface area contributed by atoms with Crippen LogP contribution in [0.5, 0.6) is 0 Å². The van der Waals surface area contributed by atoms with Crippen molar-refractivity contribution in [3.05, 3.63) is 11.3 Å². The average Bonchev–Trinajstić information content (AvgIpc) is 1.88. The van der Waals surface area contributed by atoms with Crippen LogP contribution in [0.2, 0.25) is 0 Å². The zero-order valence-electron chi connectivity index (χ0n) is 7.28. The minimum atomic E-state index is 0.496. The molecule has 0 spiro atoms. The van der Waals surface area contributed by atoms with E-state index in [2.05, 4.69) is 6.92 Å². The van der Waals surface area contributed by atoms with E-state index >= 15 is 0 Å². The third kappa shape index (κ3) is 4.42. The van der Waals surface area contributed by atoms with Gasteiger partial charge in [-0.15, -0.1) is 0 Å². The van der Waals surface area contributed by atoms with Crippen molar-refractivity contribution in [3.63, 3.8) is 0 Å². The minimum Gasteiger partial charge on any atom is -0.513 e. The summed E-state index contributed by atoms with van der Waals surface area (Å²) in [6, 6.07) is 0. The van der Waals surface area contributed by atoms with Crippen molar-refractivity contribution in [2.24, 2.45) is 0 Å². The molecule has 0 aromatic rings. The number of hydrogen-bond acceptors (Lipinski definition) is 1. The third-order valence-electron chi connectivity index (χ3n) is 1.77. The highest BCUT2D eigenvalue weighted by atomic mass is 16.3. The van der Waals surface area contributed by atoms with Crippen molar-refractivity contribution < 1.29 is 5.11 Å². The van der Waals surface area contributed by atoms with Crippen LogP contribution >= 0.6 is 0 Å². The van der Waals surface area contributed by atoms with Crippen LogP contribution in [-0.4, -0.2) is 5.11 Å². The molecule has 0 heterocycles. The summed E-state index contributed by atoms with van der Waals surface area (Å²) in [7, 11) is 0. The maximum Gasteiger partial charge on any atom is 0.0880 e. The molecule has 0 bridgehead atoms. The Labute approximate surface area is 63.8 Å². The zero-order chi connectivity index (χ0) is 7.98. The largest absolute Gasteiger partial charge is 0.513 e. The molecule has 1 N–H and O–H groups in total. The number of allylic oxidation sites excluding steroid dienone is 2. The van der Waals surface area contributed by atoms with Crippen LogP contribution in [0.4, 0.5) is 0 Å². The predicted octanol–water partition coefficient (Wildman–Crippen LogP) is 3.42. The number of hydrogen-bond donors (Lipinski definition) is 1. The molecule has 0 aliphatic rings. The van der Waals surface area contributed by atoms with E-state index in [1.807, 2.05) is 6.92 Å². The molecular weight excluding hydrogens is 124 g/mol. The molecule has 10 heavy (non-hydrogen) atoms. The van der Waals surface area contributed by atoms with Gasteiger partial charge >= 0.3 is 0 Å². The van der Waals surface area contributed by atoms with Crippen molar-refractivity contribution in [1.29, 1.82) is 0 Å². The Morgan fingerprint density at radius 3 is 2.20 bits per heavy atom. The Morgan fingerprint density at radius 2 is 1.80 bits per heavy atom. The molecule has 0 aromatic heterocycles. The molecule has 1 nitrogen and oxygen atoms in total. The highest BCUT2D eigenvalue weighted by molar-refractivity contribution is 5.00. The summed E-state index contributed by atoms with van der Waals surface area (Å²) in [4.78, 5) is 0. The molecule has 0 aromatic carbocycles. The molecule has 0 saturated carbocycles. The van der Waals surface area contributed by atoms with Gasteiger partial charge in [0.05, 0.1) is 5.76 Å². The summed E-state index contributed by atoms with van der Waals surface area (Å²) >= 11 is 0. The number of rotatable bonds is 4. The van der Waals surface area contributed by atoms with Gasteiger partial charge in [-0.1, -0.05) is 19.8 Å². The molecule has 60 valence electrons. The van der Waals surface area contributed by atoms with Gasteiger partial charge in [0.15, 0.2) is 0 Å². The summed E-state index contributed by atoms with van der Waals surface area (Å²) in [5, 5.41) is 9.00. The van der Waals surface area contributed by atoms with Crippen LogP contribution in [0.25, 0.3) is 0 Å². The van der Waals surface area contributed by atoms with Gasteiger partial charge in [-0.05, 0) is 32.3 Å². The third-order valence-corrected chi connectivity index (χ3v) is 1.77. The molecule has 0 aliphatic carbocycles. The summed E-state index contributed by atoms with van der Waals surface area (Å²) in [5.41, 5.74) is 1.13. The molecule has 1 heteroatoms. The molecule has 0 radical (unpaired) electrons. The van der Waals surface area contributed by atoms with E-state index in [1.165, 1.54) is 19.3 Å². The lowest BCUT2D eigenvalue weighted by Gasteiger charge is -2.00. The monoisotopic (exact) mass is 142 g/mol. The summed E-state index contributed by atoms with van der Waals surface area (Å²) in [5.74, 6) is 0.496. The van der Waals surface area contributed by atoms with Crippen LogP contribution in [0.3, 0.4) is 0 Å². The van der Waals surface area contributed by atoms with Crippen LogP contribution in [0, 0.1) is 0 Å². The maximum absolute atomic E-state index is 9.00.